The predicted octanol–water partition coefficient (Wildman–Crippen LogP) is 4.89. The maximum Gasteiger partial charge on any atom is 0.227 e. The van der Waals surface area contributed by atoms with Crippen LogP contribution in [0.1, 0.15) is 25.3 Å². The minimum atomic E-state index is 0.426. The Morgan fingerprint density at radius 1 is 1.00 bits per heavy atom. The highest BCUT2D eigenvalue weighted by molar-refractivity contribution is 5.80. The van der Waals surface area contributed by atoms with Gasteiger partial charge >= 0.3 is 0 Å². The van der Waals surface area contributed by atoms with Gasteiger partial charge in [-0.1, -0.05) is 38.1 Å². The normalized spacial score (nSPS) is 11.2. The molecule has 0 spiro atoms. The molecule has 0 aliphatic rings. The smallest absolute Gasteiger partial charge is 0.227 e. The number of benzene rings is 2. The molecule has 0 fully saturated rings. The molecule has 2 aromatic heterocycles. The molecule has 0 aliphatic carbocycles. The molecule has 0 saturated heterocycles. The maximum absolute atomic E-state index is 4.67. The molecule has 124 valence electrons. The lowest BCUT2D eigenvalue weighted by Gasteiger charge is -2.13. The molecule has 0 bridgehead atoms. The van der Waals surface area contributed by atoms with E-state index in [-0.39, 0.29) is 0 Å². The van der Waals surface area contributed by atoms with Crippen LogP contribution in [0, 0.1) is 0 Å². The summed E-state index contributed by atoms with van der Waals surface area (Å²) in [5, 5.41) is 3.35. The molecule has 4 aromatic rings. The lowest BCUT2D eigenvalue weighted by Crippen LogP contribution is -2.01. The van der Waals surface area contributed by atoms with Gasteiger partial charge in [0.25, 0.3) is 0 Å². The number of aromatic nitrogens is 4. The minimum Gasteiger partial charge on any atom is -0.345 e. The van der Waals surface area contributed by atoms with Gasteiger partial charge in [0, 0.05) is 17.4 Å². The van der Waals surface area contributed by atoms with Crippen LogP contribution in [0.4, 0.5) is 11.6 Å². The van der Waals surface area contributed by atoms with Crippen LogP contribution in [0.25, 0.3) is 22.3 Å². The van der Waals surface area contributed by atoms with Gasteiger partial charge in [-0.2, -0.15) is 0 Å². The van der Waals surface area contributed by atoms with Crippen LogP contribution in [0.5, 0.6) is 0 Å². The van der Waals surface area contributed by atoms with Gasteiger partial charge in [-0.3, -0.25) is 0 Å². The van der Waals surface area contributed by atoms with Crippen LogP contribution in [0.2, 0.25) is 0 Å². The van der Waals surface area contributed by atoms with Crippen LogP contribution in [-0.2, 0) is 0 Å². The average molecular weight is 329 g/mol. The molecular weight excluding hydrogens is 310 g/mol. The highest BCUT2D eigenvalue weighted by atomic mass is 15.1. The monoisotopic (exact) mass is 329 g/mol. The first kappa shape index (κ1) is 15.3. The number of nitrogens with one attached hydrogen (secondary N) is 2. The Labute approximate surface area is 146 Å². The summed E-state index contributed by atoms with van der Waals surface area (Å²) in [6.45, 7) is 4.36. The van der Waals surface area contributed by atoms with Crippen molar-refractivity contribution in [3.05, 3.63) is 66.6 Å². The molecule has 0 saturated carbocycles. The predicted molar refractivity (Wildman–Crippen MR) is 101 cm³/mol. The highest BCUT2D eigenvalue weighted by Crippen LogP contribution is 2.27. The first-order chi connectivity index (χ1) is 12.2. The van der Waals surface area contributed by atoms with Crippen molar-refractivity contribution >= 4 is 22.7 Å². The molecular formula is C20H19N5. The first-order valence-electron chi connectivity index (χ1n) is 8.33. The standard InChI is InChI=1S/C20H19N5/c1-13(2)15-5-3-4-6-17(15)25-20-21-10-9-16(24-20)14-7-8-18-19(11-14)23-12-22-18/h3-13H,1-2H3,(H,22,23)(H,21,24,25). The molecule has 2 N–H and O–H groups in total. The van der Waals surface area contributed by atoms with E-state index in [0.717, 1.165) is 28.0 Å². The summed E-state index contributed by atoms with van der Waals surface area (Å²) >= 11 is 0. The summed E-state index contributed by atoms with van der Waals surface area (Å²) in [6.07, 6.45) is 3.48. The van der Waals surface area contributed by atoms with Crippen molar-refractivity contribution in [3.63, 3.8) is 0 Å². The van der Waals surface area contributed by atoms with Crippen molar-refractivity contribution in [1.82, 2.24) is 19.9 Å². The van der Waals surface area contributed by atoms with E-state index in [1.54, 1.807) is 12.5 Å². The second kappa shape index (κ2) is 6.36. The van der Waals surface area contributed by atoms with Gasteiger partial charge < -0.3 is 10.3 Å². The number of aromatic amines is 1. The number of H-pyrrole nitrogens is 1. The molecule has 5 heteroatoms. The van der Waals surface area contributed by atoms with Crippen molar-refractivity contribution in [3.8, 4) is 11.3 Å². The lowest BCUT2D eigenvalue weighted by molar-refractivity contribution is 0.868. The molecule has 25 heavy (non-hydrogen) atoms. The van der Waals surface area contributed by atoms with Gasteiger partial charge in [0.15, 0.2) is 0 Å². The molecule has 0 atom stereocenters. The Morgan fingerprint density at radius 2 is 1.88 bits per heavy atom. The molecule has 0 aliphatic heterocycles. The number of nitrogens with zero attached hydrogens (tertiary/aromatic N) is 3. The van der Waals surface area contributed by atoms with Crippen molar-refractivity contribution in [2.24, 2.45) is 0 Å². The lowest BCUT2D eigenvalue weighted by atomic mass is 10.0. The van der Waals surface area contributed by atoms with E-state index in [2.05, 4.69) is 63.4 Å². The van der Waals surface area contributed by atoms with Gasteiger partial charge in [-0.25, -0.2) is 15.0 Å². The Bertz CT molecular complexity index is 1020. The number of fused-ring (bicyclic) bond motifs is 1. The summed E-state index contributed by atoms with van der Waals surface area (Å²) in [5.74, 6) is 1.02. The van der Waals surface area contributed by atoms with Crippen LogP contribution in [0.3, 0.4) is 0 Å². The fourth-order valence-corrected chi connectivity index (χ4v) is 2.91. The second-order valence-corrected chi connectivity index (χ2v) is 6.27. The highest BCUT2D eigenvalue weighted by Gasteiger charge is 2.09. The number of hydrogen-bond acceptors (Lipinski definition) is 4. The van der Waals surface area contributed by atoms with Crippen molar-refractivity contribution in [2.45, 2.75) is 19.8 Å². The zero-order valence-corrected chi connectivity index (χ0v) is 14.2. The SMILES string of the molecule is CC(C)c1ccccc1Nc1nccc(-c2ccc3nc[nH]c3c2)n1. The van der Waals surface area contributed by atoms with Crippen LogP contribution in [0.15, 0.2) is 61.1 Å². The van der Waals surface area contributed by atoms with Crippen molar-refractivity contribution < 1.29 is 0 Å². The van der Waals surface area contributed by atoms with E-state index >= 15 is 0 Å². The fourth-order valence-electron chi connectivity index (χ4n) is 2.91. The molecule has 5 nitrogen and oxygen atoms in total. The molecule has 4 rings (SSSR count). The average Bonchev–Trinajstić information content (AvgIpc) is 3.10. The van der Waals surface area contributed by atoms with Crippen LogP contribution in [-0.4, -0.2) is 19.9 Å². The Morgan fingerprint density at radius 3 is 2.76 bits per heavy atom. The van der Waals surface area contributed by atoms with E-state index < -0.39 is 0 Å². The zero-order chi connectivity index (χ0) is 17.2. The Hall–Kier alpha value is -3.21. The number of imidazole rings is 1. The van der Waals surface area contributed by atoms with Crippen molar-refractivity contribution in [2.75, 3.05) is 5.32 Å². The topological polar surface area (TPSA) is 66.5 Å². The zero-order valence-electron chi connectivity index (χ0n) is 14.2. The van der Waals surface area contributed by atoms with E-state index in [1.807, 2.05) is 24.3 Å². The van der Waals surface area contributed by atoms with Gasteiger partial charge in [0.1, 0.15) is 0 Å². The Balaban J connectivity index is 1.68. The van der Waals surface area contributed by atoms with Gasteiger partial charge in [0.2, 0.25) is 5.95 Å². The molecule has 0 radical (unpaired) electrons. The van der Waals surface area contributed by atoms with Gasteiger partial charge in [-0.05, 0) is 35.7 Å². The quantitative estimate of drug-likeness (QED) is 0.559. The third-order valence-electron chi connectivity index (χ3n) is 4.20. The molecule has 0 amide bonds. The summed E-state index contributed by atoms with van der Waals surface area (Å²) in [4.78, 5) is 16.4. The van der Waals surface area contributed by atoms with Gasteiger partial charge in [0.05, 0.1) is 23.1 Å². The van der Waals surface area contributed by atoms with E-state index in [4.69, 9.17) is 0 Å². The summed E-state index contributed by atoms with van der Waals surface area (Å²) in [7, 11) is 0. The van der Waals surface area contributed by atoms with Crippen molar-refractivity contribution in [1.29, 1.82) is 0 Å². The number of anilines is 2. The minimum absolute atomic E-state index is 0.426. The van der Waals surface area contributed by atoms with Gasteiger partial charge in [-0.15, -0.1) is 0 Å². The summed E-state index contributed by atoms with van der Waals surface area (Å²) in [5.41, 5.74) is 6.13. The second-order valence-electron chi connectivity index (χ2n) is 6.27. The maximum atomic E-state index is 4.67. The van der Waals surface area contributed by atoms with E-state index in [0.29, 0.717) is 11.9 Å². The Kier molecular flexibility index (Phi) is 3.90. The fraction of sp³-hybridized carbons (Fsp3) is 0.150. The van der Waals surface area contributed by atoms with E-state index in [1.165, 1.54) is 5.56 Å². The summed E-state index contributed by atoms with van der Waals surface area (Å²) < 4.78 is 0. The molecule has 0 unspecified atom stereocenters. The largest absolute Gasteiger partial charge is 0.345 e. The third-order valence-corrected chi connectivity index (χ3v) is 4.20. The number of para-hydroxylation sites is 1. The van der Waals surface area contributed by atoms with E-state index in [9.17, 15) is 0 Å². The molecule has 2 heterocycles. The first-order valence-corrected chi connectivity index (χ1v) is 8.33. The number of hydrogen-bond donors (Lipinski definition) is 2. The number of rotatable bonds is 4. The third kappa shape index (κ3) is 3.08. The summed E-state index contributed by atoms with van der Waals surface area (Å²) in [6, 6.07) is 16.2. The van der Waals surface area contributed by atoms with Crippen LogP contribution < -0.4 is 5.32 Å². The molecule has 2 aromatic carbocycles. The van der Waals surface area contributed by atoms with Crippen LogP contribution >= 0.6 is 0 Å².